The molecule has 4 aromatic rings. The number of ether oxygens (including phenoxy) is 2. The van der Waals surface area contributed by atoms with Gasteiger partial charge in [0.05, 0.1) is 61.5 Å². The number of nitriles is 4. The number of nitrogens with zero attached hydrogens (tertiary/aromatic N) is 13. The summed E-state index contributed by atoms with van der Waals surface area (Å²) in [5.41, 5.74) is -3.18. The van der Waals surface area contributed by atoms with Gasteiger partial charge >= 0.3 is 23.6 Å². The number of rotatable bonds is 40. The summed E-state index contributed by atoms with van der Waals surface area (Å²) in [7, 11) is 0. The van der Waals surface area contributed by atoms with E-state index in [0.717, 1.165) is 162 Å². The Kier molecular flexibility index (Phi) is 44.5. The smallest absolute Gasteiger partial charge is 0.408 e. The molecule has 4 unspecified atom stereocenters. The maximum atomic E-state index is 13.8. The molecule has 2 aromatic carbocycles. The highest BCUT2D eigenvalue weighted by atomic mass is 19.1. The minimum atomic E-state index is -0.935. The van der Waals surface area contributed by atoms with Crippen molar-refractivity contribution < 1.29 is 51.5 Å². The lowest BCUT2D eigenvalue weighted by molar-refractivity contribution is -0.126. The average Bonchev–Trinajstić information content (AvgIpc) is 0.789. The molecule has 7 aliphatic heterocycles. The summed E-state index contributed by atoms with van der Waals surface area (Å²) in [6.07, 6.45) is 21.3. The second-order valence-corrected chi connectivity index (χ2v) is 43.2. The summed E-state index contributed by atoms with van der Waals surface area (Å²) in [5, 5.41) is 65.6. The van der Waals surface area contributed by atoms with Crippen molar-refractivity contribution in [3.05, 3.63) is 69.4 Å². The molecule has 7 saturated heterocycles. The molecule has 9 heterocycles. The number of hydrogen-bond acceptors (Lipinski definition) is 25. The second-order valence-electron chi connectivity index (χ2n) is 43.2. The summed E-state index contributed by atoms with van der Waals surface area (Å²) >= 11 is 0. The number of aromatic nitrogens is 2. The quantitative estimate of drug-likeness (QED) is 0.0205. The van der Waals surface area contributed by atoms with Gasteiger partial charge in [-0.25, -0.2) is 23.6 Å². The van der Waals surface area contributed by atoms with Gasteiger partial charge in [0.15, 0.2) is 0 Å². The molecule has 34 heteroatoms. The van der Waals surface area contributed by atoms with Crippen LogP contribution in [0.3, 0.4) is 0 Å². The number of hydrogen-bond donors (Lipinski definition) is 8. The van der Waals surface area contributed by atoms with Crippen LogP contribution in [-0.4, -0.2) is 277 Å². The number of carbonyl (C=O) groups excluding carboxylic acids is 6. The molecular weight excluding hydrogens is 1770 g/mol. The maximum absolute atomic E-state index is 13.8. The van der Waals surface area contributed by atoms with Crippen LogP contribution >= 0.6 is 0 Å². The molecule has 0 saturated carbocycles. The number of fused-ring (bicyclic) bond motifs is 2. The van der Waals surface area contributed by atoms with Crippen LogP contribution < -0.4 is 54.0 Å². The van der Waals surface area contributed by atoms with Gasteiger partial charge in [-0.2, -0.15) is 31.0 Å². The fraction of sp³-hybridized carbons (Fsp3) is 0.752. The van der Waals surface area contributed by atoms with Crippen LogP contribution in [0.4, 0.5) is 25.6 Å². The first-order chi connectivity index (χ1) is 66.0. The Morgan fingerprint density at radius 2 is 0.741 bits per heavy atom. The number of anilines is 2. The third-order valence-corrected chi connectivity index (χ3v) is 31.0. The number of benzene rings is 2. The number of amides is 8. The van der Waals surface area contributed by atoms with Crippen molar-refractivity contribution in [3.8, 4) is 24.3 Å². The number of morpholine rings is 2. The molecule has 8 amide bonds. The van der Waals surface area contributed by atoms with E-state index in [4.69, 9.17) is 18.3 Å². The Morgan fingerprint density at radius 1 is 0.410 bits per heavy atom. The lowest BCUT2D eigenvalue weighted by Crippen LogP contribution is -2.61. The Balaban J connectivity index is 0.000000228. The zero-order chi connectivity index (χ0) is 102. The Morgan fingerprint density at radius 3 is 1.11 bits per heavy atom. The second kappa shape index (κ2) is 54.0. The van der Waals surface area contributed by atoms with Gasteiger partial charge in [-0.05, 0) is 232 Å². The molecule has 8 N–H and O–H groups in total. The van der Waals surface area contributed by atoms with E-state index in [1.165, 1.54) is 44.5 Å². The predicted molar refractivity (Wildman–Crippen MR) is 542 cm³/mol. The third-order valence-electron chi connectivity index (χ3n) is 31.0. The number of halogens is 1. The van der Waals surface area contributed by atoms with E-state index in [0.29, 0.717) is 152 Å². The maximum Gasteiger partial charge on any atom is 0.441 e. The van der Waals surface area contributed by atoms with Crippen molar-refractivity contribution in [1.82, 2.24) is 76.2 Å². The van der Waals surface area contributed by atoms with Crippen LogP contribution in [0.1, 0.15) is 285 Å². The standard InChI is InChI=1S/C31H46N6O3.C26H36FN5O3.C25H45N5O3.C23H41N5O3/c1-4-30(2,3)14-13-25(33-27-24-11-6-7-12-26(24)40-29(39)34-27)28(38)35-31(23-32)15-21-37(22-16-31)20-10-19-36-17-8-5-9-18-36;1-5-13-32-14-11-26(17-28,12-15-32)31-23(33)20(9-10-25(3,4)6-2)29-22-19-8-7-18(27)16-21(19)35-24(34)30-22;1-7-11-29-12-9-25(19-26,10-13-29)28-21(31)20(18-24(5,6)23(3,4)8-2)27-22(32)30-14-16-33-17-15-30;1-5-11-27-12-9-23(18-24,10-13-27)26-20(29)19(7-8-22(3,4)6-2)25-21(30)28-14-16-31-17-15-28/h6-7,11-12,25H,4-5,8-10,13-22H2,1-3H3,(H,35,38)(H,33,34,39);7-8,16,20H,5-6,9-15H2,1-4H3,(H,31,33)(H,29,30,34);20H,7-18H2,1-6H3,(H,27,32)(H,28,31);19H,5-17H2,1-4H3,(H,25,30)(H,26,29). The highest BCUT2D eigenvalue weighted by Crippen LogP contribution is 2.45. The van der Waals surface area contributed by atoms with Crippen LogP contribution in [-0.2, 0) is 28.7 Å². The first-order valence-corrected chi connectivity index (χ1v) is 51.9. The molecular formula is C105H168FN21O12. The van der Waals surface area contributed by atoms with Gasteiger partial charge in [0.25, 0.3) is 0 Å². The molecule has 139 heavy (non-hydrogen) atoms. The zero-order valence-corrected chi connectivity index (χ0v) is 87.1. The summed E-state index contributed by atoms with van der Waals surface area (Å²) in [6.45, 7) is 54.6. The summed E-state index contributed by atoms with van der Waals surface area (Å²) in [4.78, 5) is 127. The van der Waals surface area contributed by atoms with Gasteiger partial charge in [-0.1, -0.05) is 162 Å². The Labute approximate surface area is 826 Å². The molecule has 0 radical (unpaired) electrons. The van der Waals surface area contributed by atoms with Crippen LogP contribution in [0.2, 0.25) is 0 Å². The molecule has 4 atom stereocenters. The molecule has 7 fully saturated rings. The molecule has 7 aliphatic rings. The van der Waals surface area contributed by atoms with E-state index in [-0.39, 0.29) is 74.2 Å². The molecule has 11 rings (SSSR count). The molecule has 33 nitrogen and oxygen atoms in total. The fourth-order valence-corrected chi connectivity index (χ4v) is 18.7. The van der Waals surface area contributed by atoms with Crippen LogP contribution in [0.15, 0.2) is 60.9 Å². The van der Waals surface area contributed by atoms with Crippen molar-refractivity contribution >= 4 is 69.3 Å². The van der Waals surface area contributed by atoms with E-state index in [1.54, 1.807) is 21.9 Å². The molecule has 0 spiro atoms. The summed E-state index contributed by atoms with van der Waals surface area (Å²) in [5.74, 6) is -2.70. The molecule has 0 aliphatic carbocycles. The van der Waals surface area contributed by atoms with Crippen LogP contribution in [0.25, 0.3) is 21.9 Å². The number of carbonyl (C=O) groups is 6. The van der Waals surface area contributed by atoms with E-state index in [1.807, 2.05) is 12.1 Å². The first kappa shape index (κ1) is 115. The van der Waals surface area contributed by atoms with Crippen molar-refractivity contribution in [2.45, 2.75) is 331 Å². The SMILES string of the molecule is CCC(C)(C)CCC(Nc1nc(=O)oc2ccccc12)C(=O)NC1(C#N)CCN(CCCN2CCCCC2)CC1.CCCN1CCC(C#N)(NC(=O)C(CC(C)(C)C(C)(C)CC)NC(=O)N2CCOCC2)CC1.CCCN1CCC(C#N)(NC(=O)C(CCC(C)(C)CC)NC(=O)N2CCOCC2)CC1.CCCN1CCC(C#N)(NC(=O)C(CCC(C)(C)CC)Nc2nc(=O)oc3cc(F)ccc23)CC1. The van der Waals surface area contributed by atoms with Crippen molar-refractivity contribution in [1.29, 1.82) is 21.0 Å². The first-order valence-electron chi connectivity index (χ1n) is 51.9. The number of likely N-dealkylation sites (tertiary alicyclic amines) is 5. The minimum Gasteiger partial charge on any atom is -0.408 e. The van der Waals surface area contributed by atoms with E-state index in [9.17, 15) is 63.8 Å². The van der Waals surface area contributed by atoms with Crippen molar-refractivity contribution in [2.75, 3.05) is 161 Å². The summed E-state index contributed by atoms with van der Waals surface area (Å²) < 4.78 is 34.7. The van der Waals surface area contributed by atoms with Gasteiger partial charge in [0.2, 0.25) is 23.6 Å². The average molecular weight is 1940 g/mol. The Hall–Kier alpha value is -9.65. The van der Waals surface area contributed by atoms with Gasteiger partial charge in [0.1, 0.15) is 74.9 Å². The van der Waals surface area contributed by atoms with Crippen LogP contribution in [0.5, 0.6) is 0 Å². The highest BCUT2D eigenvalue weighted by molar-refractivity contribution is 5.93. The van der Waals surface area contributed by atoms with Crippen molar-refractivity contribution in [3.63, 3.8) is 0 Å². The number of nitrogens with one attached hydrogen (secondary N) is 8. The Bertz CT molecular complexity index is 4870. The largest absolute Gasteiger partial charge is 0.441 e. The fourth-order valence-electron chi connectivity index (χ4n) is 18.7. The number of urea groups is 2. The lowest BCUT2D eigenvalue weighted by Gasteiger charge is -2.44. The van der Waals surface area contributed by atoms with E-state index >= 15 is 0 Å². The minimum absolute atomic E-state index is 0.00690. The van der Waals surface area contributed by atoms with Gasteiger partial charge in [0, 0.05) is 84.6 Å². The molecule has 2 aromatic heterocycles. The normalized spacial score (nSPS) is 19.3. The summed E-state index contributed by atoms with van der Waals surface area (Å²) in [6, 6.07) is 17.3. The lowest BCUT2D eigenvalue weighted by atomic mass is 9.63. The molecule has 0 bridgehead atoms. The number of piperidine rings is 5. The van der Waals surface area contributed by atoms with Gasteiger partial charge in [-0.3, -0.25) is 19.2 Å². The van der Waals surface area contributed by atoms with E-state index < -0.39 is 63.7 Å². The number of para-hydroxylation sites is 1. The predicted octanol–water partition coefficient (Wildman–Crippen LogP) is 14.4. The van der Waals surface area contributed by atoms with E-state index in [2.05, 4.69) is 219 Å². The van der Waals surface area contributed by atoms with Crippen molar-refractivity contribution in [2.24, 2.45) is 27.1 Å². The van der Waals surface area contributed by atoms with Gasteiger partial charge in [-0.15, -0.1) is 0 Å². The monoisotopic (exact) mass is 1930 g/mol. The highest BCUT2D eigenvalue weighted by Gasteiger charge is 2.46. The zero-order valence-electron chi connectivity index (χ0n) is 87.1. The van der Waals surface area contributed by atoms with Crippen LogP contribution in [0, 0.1) is 78.2 Å². The third kappa shape index (κ3) is 35.2. The topological polar surface area (TPSA) is 421 Å². The molecule has 772 valence electrons. The van der Waals surface area contributed by atoms with Gasteiger partial charge < -0.3 is 95.1 Å².